The largest absolute Gasteiger partial charge is 0.273 e. The van der Waals surface area contributed by atoms with E-state index in [9.17, 15) is 20.2 Å². The van der Waals surface area contributed by atoms with Crippen LogP contribution in [-0.2, 0) is 0 Å². The third-order valence-electron chi connectivity index (χ3n) is 2.49. The van der Waals surface area contributed by atoms with Gasteiger partial charge in [-0.3, -0.25) is 20.2 Å². The molecule has 0 spiro atoms. The van der Waals surface area contributed by atoms with Crippen LogP contribution in [0.2, 0.25) is 0 Å². The van der Waals surface area contributed by atoms with E-state index in [0.717, 1.165) is 5.57 Å². The topological polar surface area (TPSA) is 86.3 Å². The molecule has 0 saturated heterocycles. The van der Waals surface area contributed by atoms with Gasteiger partial charge in [0.1, 0.15) is 0 Å². The first-order chi connectivity index (χ1) is 8.08. The summed E-state index contributed by atoms with van der Waals surface area (Å²) in [6, 6.07) is 0. The van der Waals surface area contributed by atoms with Gasteiger partial charge >= 0.3 is 0 Å². The van der Waals surface area contributed by atoms with E-state index in [4.69, 9.17) is 0 Å². The Balaban J connectivity index is 2.55. The number of nitrogens with zero attached hydrogens (tertiary/aromatic N) is 2. The molecule has 6 heteroatoms. The van der Waals surface area contributed by atoms with Crippen molar-refractivity contribution in [3.63, 3.8) is 0 Å². The molecule has 6 nitrogen and oxygen atoms in total. The number of fused-ring (bicyclic) bond motifs is 2. The lowest BCUT2D eigenvalue weighted by Gasteiger charge is -2.01. The average Bonchev–Trinajstić information content (AvgIpc) is 2.58. The van der Waals surface area contributed by atoms with Gasteiger partial charge in [-0.25, -0.2) is 0 Å². The van der Waals surface area contributed by atoms with E-state index in [1.807, 2.05) is 0 Å². The van der Waals surface area contributed by atoms with Gasteiger partial charge in [0, 0.05) is 30.2 Å². The Bertz CT molecular complexity index is 550. The molecule has 2 rings (SSSR count). The van der Waals surface area contributed by atoms with Crippen molar-refractivity contribution in [3.8, 4) is 0 Å². The van der Waals surface area contributed by atoms with E-state index in [1.165, 1.54) is 18.2 Å². The molecule has 0 amide bonds. The normalized spacial score (nSPS) is 18.1. The summed E-state index contributed by atoms with van der Waals surface area (Å²) in [5.41, 5.74) is 0.922. The van der Waals surface area contributed by atoms with E-state index in [2.05, 4.69) is 0 Å². The molecule has 0 N–H and O–H groups in total. The molecule has 0 radical (unpaired) electrons. The maximum absolute atomic E-state index is 10.8. The minimum absolute atomic E-state index is 0.0979. The van der Waals surface area contributed by atoms with E-state index in [0.29, 0.717) is 12.0 Å². The standard InChI is InChI=1S/C11H8N2O4/c14-12(15)10-5-4-8-2-1-3-11(13(16)17)9(6-8)7-10/h1-5,7H,6H2. The summed E-state index contributed by atoms with van der Waals surface area (Å²) in [5, 5.41) is 21.6. The molecule has 0 atom stereocenters. The molecule has 86 valence electrons. The van der Waals surface area contributed by atoms with Crippen molar-refractivity contribution in [1.82, 2.24) is 0 Å². The van der Waals surface area contributed by atoms with Gasteiger partial charge in [-0.05, 0) is 5.57 Å². The Morgan fingerprint density at radius 1 is 1.06 bits per heavy atom. The van der Waals surface area contributed by atoms with Crippen LogP contribution in [0.5, 0.6) is 0 Å². The second-order valence-corrected chi connectivity index (χ2v) is 3.60. The van der Waals surface area contributed by atoms with Gasteiger partial charge in [0.15, 0.2) is 0 Å². The Kier molecular flexibility index (Phi) is 2.70. The first-order valence-electron chi connectivity index (χ1n) is 4.87. The molecular formula is C11H8N2O4. The zero-order valence-corrected chi connectivity index (χ0v) is 8.70. The number of hydrogen-bond acceptors (Lipinski definition) is 4. The van der Waals surface area contributed by atoms with Crippen LogP contribution in [0.3, 0.4) is 0 Å². The van der Waals surface area contributed by atoms with Gasteiger partial charge in [-0.1, -0.05) is 18.2 Å². The van der Waals surface area contributed by atoms with Gasteiger partial charge < -0.3 is 0 Å². The highest BCUT2D eigenvalue weighted by Crippen LogP contribution is 2.27. The van der Waals surface area contributed by atoms with Crippen molar-refractivity contribution >= 4 is 0 Å². The molecule has 0 heterocycles. The first-order valence-corrected chi connectivity index (χ1v) is 4.87. The van der Waals surface area contributed by atoms with E-state index in [-0.39, 0.29) is 11.4 Å². The SMILES string of the molecule is O=[N+]([O-])C1=CC=C2C=CC=C([N+](=O)[O-])C(=C1)C2. The molecule has 2 bridgehead atoms. The van der Waals surface area contributed by atoms with E-state index in [1.54, 1.807) is 18.2 Å². The first kappa shape index (κ1) is 11.0. The van der Waals surface area contributed by atoms with Crippen LogP contribution in [0.25, 0.3) is 0 Å². The monoisotopic (exact) mass is 232 g/mol. The maximum Gasteiger partial charge on any atom is 0.273 e. The maximum atomic E-state index is 10.8. The summed E-state index contributed by atoms with van der Waals surface area (Å²) in [6.07, 6.45) is 9.20. The van der Waals surface area contributed by atoms with E-state index >= 15 is 0 Å². The lowest BCUT2D eigenvalue weighted by Crippen LogP contribution is -2.03. The molecule has 0 aliphatic heterocycles. The van der Waals surface area contributed by atoms with Crippen LogP contribution in [0.1, 0.15) is 6.42 Å². The Morgan fingerprint density at radius 2 is 1.82 bits per heavy atom. The highest BCUT2D eigenvalue weighted by molar-refractivity contribution is 5.46. The fourth-order valence-corrected chi connectivity index (χ4v) is 1.69. The zero-order valence-electron chi connectivity index (χ0n) is 8.70. The molecule has 0 fully saturated rings. The van der Waals surface area contributed by atoms with Gasteiger partial charge in [0.05, 0.1) is 9.85 Å². The van der Waals surface area contributed by atoms with Crippen LogP contribution in [-0.4, -0.2) is 9.85 Å². The van der Waals surface area contributed by atoms with Gasteiger partial charge in [-0.2, -0.15) is 0 Å². The third-order valence-corrected chi connectivity index (χ3v) is 2.49. The Labute approximate surface area is 96.2 Å². The summed E-state index contributed by atoms with van der Waals surface area (Å²) in [4.78, 5) is 20.5. The third kappa shape index (κ3) is 2.20. The Hall–Kier alpha value is -2.50. The Morgan fingerprint density at radius 3 is 2.47 bits per heavy atom. The molecule has 17 heavy (non-hydrogen) atoms. The highest BCUT2D eigenvalue weighted by Gasteiger charge is 2.23. The average molecular weight is 232 g/mol. The summed E-state index contributed by atoms with van der Waals surface area (Å²) in [7, 11) is 0. The molecule has 0 aromatic rings. The zero-order chi connectivity index (χ0) is 12.4. The van der Waals surface area contributed by atoms with E-state index < -0.39 is 9.85 Å². The molecule has 0 saturated carbocycles. The van der Waals surface area contributed by atoms with Gasteiger partial charge in [0.2, 0.25) is 0 Å². The summed E-state index contributed by atoms with van der Waals surface area (Å²) >= 11 is 0. The summed E-state index contributed by atoms with van der Waals surface area (Å²) in [6.45, 7) is 0. The smallest absolute Gasteiger partial charge is 0.258 e. The highest BCUT2D eigenvalue weighted by atomic mass is 16.6. The molecule has 0 unspecified atom stereocenters. The van der Waals surface area contributed by atoms with Crippen LogP contribution in [0, 0.1) is 20.2 Å². The number of hydrogen-bond donors (Lipinski definition) is 0. The minimum Gasteiger partial charge on any atom is -0.258 e. The van der Waals surface area contributed by atoms with Crippen molar-refractivity contribution in [2.24, 2.45) is 0 Å². The minimum atomic E-state index is -0.553. The van der Waals surface area contributed by atoms with Crippen LogP contribution in [0.4, 0.5) is 0 Å². The van der Waals surface area contributed by atoms with Crippen LogP contribution in [0.15, 0.2) is 59.0 Å². The fourth-order valence-electron chi connectivity index (χ4n) is 1.69. The molecular weight excluding hydrogens is 224 g/mol. The number of rotatable bonds is 2. The summed E-state index contributed by atoms with van der Waals surface area (Å²) < 4.78 is 0. The van der Waals surface area contributed by atoms with Gasteiger partial charge in [-0.15, -0.1) is 0 Å². The second kappa shape index (κ2) is 4.17. The lowest BCUT2D eigenvalue weighted by molar-refractivity contribution is -0.423. The van der Waals surface area contributed by atoms with Crippen molar-refractivity contribution in [3.05, 3.63) is 79.2 Å². The molecule has 0 aromatic heterocycles. The predicted octanol–water partition coefficient (Wildman–Crippen LogP) is 2.13. The van der Waals surface area contributed by atoms with Crippen molar-refractivity contribution < 1.29 is 9.85 Å². The van der Waals surface area contributed by atoms with Crippen LogP contribution >= 0.6 is 0 Å². The number of nitro groups is 2. The fraction of sp³-hybridized carbons (Fsp3) is 0.0909. The molecule has 2 aliphatic rings. The van der Waals surface area contributed by atoms with Crippen molar-refractivity contribution in [2.75, 3.05) is 0 Å². The quantitative estimate of drug-likeness (QED) is 0.539. The second-order valence-electron chi connectivity index (χ2n) is 3.60. The molecule has 2 aliphatic carbocycles. The van der Waals surface area contributed by atoms with Crippen molar-refractivity contribution in [2.45, 2.75) is 6.42 Å². The van der Waals surface area contributed by atoms with Crippen LogP contribution < -0.4 is 0 Å². The van der Waals surface area contributed by atoms with Gasteiger partial charge in [0.25, 0.3) is 11.4 Å². The molecule has 0 aromatic carbocycles. The predicted molar refractivity (Wildman–Crippen MR) is 60.1 cm³/mol. The lowest BCUT2D eigenvalue weighted by atomic mass is 10.1. The summed E-state index contributed by atoms with van der Waals surface area (Å²) in [5.74, 6) is 0. The van der Waals surface area contributed by atoms with Crippen molar-refractivity contribution in [1.29, 1.82) is 0 Å². The number of allylic oxidation sites excluding steroid dienone is 8.